The van der Waals surface area contributed by atoms with Crippen molar-refractivity contribution in [1.82, 2.24) is 10.6 Å². The zero-order valence-corrected chi connectivity index (χ0v) is 51.8. The number of sulfonamides is 2. The third-order valence-corrected chi connectivity index (χ3v) is 16.6. The standard InChI is InChI=1S/C32H35Cl2FN2O6S.C28H27Cl2FN2O6S.CH4/c1-31(2,3)36-30(39)20-9-11-26(42-27-17-24(35)21(14-22(27)33)16-29(38)43-32(4,5)6)25(15-20)37-44(40,41)28-12-10-19(13-23(28)34)18-7-8-18;1-28(2,3)32-27(36)17-6-8-23(39-24-14-21(31)18(11-19(24)29)13-26(34)35)22(12-17)33-40(37,38)25-9-7-16(10-20(25)30)15-4-5-15;/h9-15,17-18,37H,7-8,16H2,1-6H3,(H,36,39);6-12,14-15,33H,4-5,13H2,1-3H3,(H,32,36)(H,34,35);1H4. The largest absolute Gasteiger partial charge is 0.481 e. The Balaban J connectivity index is 0.000000270. The van der Waals surface area contributed by atoms with E-state index in [-0.39, 0.29) is 100 Å². The second kappa shape index (κ2) is 26.5. The molecule has 5 N–H and O–H groups in total. The molecule has 456 valence electrons. The van der Waals surface area contributed by atoms with Crippen LogP contribution in [0.1, 0.15) is 150 Å². The maximum Gasteiger partial charge on any atom is 0.310 e. The van der Waals surface area contributed by atoms with Crippen LogP contribution < -0.4 is 29.6 Å². The van der Waals surface area contributed by atoms with Crippen LogP contribution in [0.2, 0.25) is 20.1 Å². The van der Waals surface area contributed by atoms with Gasteiger partial charge in [0.1, 0.15) is 38.5 Å². The molecule has 2 aliphatic carbocycles. The maximum atomic E-state index is 15.1. The summed E-state index contributed by atoms with van der Waals surface area (Å²) < 4.78 is 105. The minimum atomic E-state index is -4.26. The first-order chi connectivity index (χ1) is 38.9. The molecule has 0 unspecified atom stereocenters. The van der Waals surface area contributed by atoms with Gasteiger partial charge in [-0.15, -0.1) is 0 Å². The van der Waals surface area contributed by atoms with Crippen molar-refractivity contribution < 1.29 is 64.1 Å². The van der Waals surface area contributed by atoms with Gasteiger partial charge in [0.05, 0.1) is 44.3 Å². The van der Waals surface area contributed by atoms with E-state index < -0.39 is 78.5 Å². The van der Waals surface area contributed by atoms with Gasteiger partial charge in [-0.2, -0.15) is 0 Å². The van der Waals surface area contributed by atoms with E-state index in [9.17, 15) is 40.4 Å². The first-order valence-electron chi connectivity index (χ1n) is 26.3. The highest BCUT2D eigenvalue weighted by Crippen LogP contribution is 2.44. The van der Waals surface area contributed by atoms with Gasteiger partial charge >= 0.3 is 11.9 Å². The second-order valence-corrected chi connectivity index (χ2v) is 28.2. The molecule has 2 saturated carbocycles. The lowest BCUT2D eigenvalue weighted by atomic mass is 10.1. The summed E-state index contributed by atoms with van der Waals surface area (Å²) in [5.41, 5.74) is -0.0699. The Labute approximate surface area is 514 Å². The van der Waals surface area contributed by atoms with Crippen molar-refractivity contribution in [3.63, 3.8) is 0 Å². The van der Waals surface area contributed by atoms with E-state index in [2.05, 4.69) is 20.1 Å². The lowest BCUT2D eigenvalue weighted by Gasteiger charge is -2.21. The maximum absolute atomic E-state index is 15.1. The first kappa shape index (κ1) is 67.4. The molecule has 6 aromatic carbocycles. The highest BCUT2D eigenvalue weighted by molar-refractivity contribution is 7.93. The second-order valence-electron chi connectivity index (χ2n) is 23.3. The molecular weight excluding hydrogens is 1220 g/mol. The van der Waals surface area contributed by atoms with Gasteiger partial charge in [0.2, 0.25) is 0 Å². The summed E-state index contributed by atoms with van der Waals surface area (Å²) in [6.45, 7) is 15.9. The number of aliphatic carboxylic acids is 1. The summed E-state index contributed by atoms with van der Waals surface area (Å²) in [6, 6.07) is 22.0. The molecule has 2 amide bonds. The van der Waals surface area contributed by atoms with Crippen LogP contribution in [-0.2, 0) is 47.2 Å². The summed E-state index contributed by atoms with van der Waals surface area (Å²) >= 11 is 25.4. The Hall–Kier alpha value is -6.68. The summed E-state index contributed by atoms with van der Waals surface area (Å²) in [7, 11) is -8.53. The average Bonchev–Trinajstić information content (AvgIpc) is 2.36. The first-order valence-corrected chi connectivity index (χ1v) is 30.7. The quantitative estimate of drug-likeness (QED) is 0.0506. The topological polar surface area (TPSA) is 233 Å². The van der Waals surface area contributed by atoms with Gasteiger partial charge in [-0.05, 0) is 184 Å². The van der Waals surface area contributed by atoms with Crippen LogP contribution in [0.25, 0.3) is 0 Å². The Morgan fingerprint density at radius 1 is 0.529 bits per heavy atom. The number of esters is 1. The summed E-state index contributed by atoms with van der Waals surface area (Å²) in [6.07, 6.45) is 3.14. The monoisotopic (exact) mass is 1290 g/mol. The molecule has 0 heterocycles. The summed E-state index contributed by atoms with van der Waals surface area (Å²) in [4.78, 5) is 48.7. The highest BCUT2D eigenvalue weighted by atomic mass is 35.5. The third kappa shape index (κ3) is 18.9. The third-order valence-electron chi connectivity index (χ3n) is 12.3. The molecule has 0 atom stereocenters. The smallest absolute Gasteiger partial charge is 0.310 e. The molecular formula is C61H66Cl4F2N4O12S2. The van der Waals surface area contributed by atoms with Gasteiger partial charge in [-0.3, -0.25) is 28.6 Å². The predicted octanol–water partition coefficient (Wildman–Crippen LogP) is 15.4. The minimum absolute atomic E-state index is 0. The predicted molar refractivity (Wildman–Crippen MR) is 326 cm³/mol. The van der Waals surface area contributed by atoms with Crippen LogP contribution in [0.15, 0.2) is 107 Å². The van der Waals surface area contributed by atoms with Crippen molar-refractivity contribution in [2.45, 2.75) is 147 Å². The Morgan fingerprint density at radius 2 is 0.906 bits per heavy atom. The van der Waals surface area contributed by atoms with Crippen molar-refractivity contribution >= 4 is 102 Å². The lowest BCUT2D eigenvalue weighted by molar-refractivity contribution is -0.154. The van der Waals surface area contributed by atoms with E-state index in [4.69, 9.17) is 65.7 Å². The van der Waals surface area contributed by atoms with E-state index in [0.29, 0.717) is 11.8 Å². The molecule has 0 saturated heterocycles. The lowest BCUT2D eigenvalue weighted by Crippen LogP contribution is -2.40. The summed E-state index contributed by atoms with van der Waals surface area (Å²) in [5, 5.41) is 14.6. The molecule has 24 heteroatoms. The normalized spacial score (nSPS) is 13.5. The highest BCUT2D eigenvalue weighted by Gasteiger charge is 2.30. The van der Waals surface area contributed by atoms with Gasteiger partial charge in [-0.25, -0.2) is 25.6 Å². The number of nitrogens with one attached hydrogen (secondary N) is 4. The van der Waals surface area contributed by atoms with Gasteiger partial charge in [-0.1, -0.05) is 66.0 Å². The van der Waals surface area contributed by atoms with Crippen LogP contribution in [0, 0.1) is 11.6 Å². The van der Waals surface area contributed by atoms with Crippen molar-refractivity contribution in [1.29, 1.82) is 0 Å². The molecule has 2 aliphatic rings. The fraction of sp³-hybridized carbons (Fsp3) is 0.344. The van der Waals surface area contributed by atoms with E-state index in [1.807, 2.05) is 20.8 Å². The molecule has 85 heavy (non-hydrogen) atoms. The summed E-state index contributed by atoms with van der Waals surface area (Å²) in [5.74, 6) is -4.18. The van der Waals surface area contributed by atoms with Crippen LogP contribution in [0.5, 0.6) is 23.0 Å². The van der Waals surface area contributed by atoms with Gasteiger partial charge in [0.25, 0.3) is 31.9 Å². The number of carbonyl (C=O) groups excluding carboxylic acids is 3. The number of carboxylic acids is 1. The molecule has 2 fully saturated rings. The number of rotatable bonds is 18. The number of amides is 2. The molecule has 0 radical (unpaired) electrons. The Morgan fingerprint density at radius 3 is 1.24 bits per heavy atom. The average molecular weight is 1290 g/mol. The van der Waals surface area contributed by atoms with E-state index in [1.165, 1.54) is 54.6 Å². The van der Waals surface area contributed by atoms with E-state index >= 15 is 4.39 Å². The van der Waals surface area contributed by atoms with Crippen LogP contribution in [-0.4, -0.2) is 62.4 Å². The van der Waals surface area contributed by atoms with Crippen molar-refractivity contribution in [3.05, 3.63) is 162 Å². The number of carboxylic acid groups (broad SMARTS) is 1. The number of ether oxygens (including phenoxy) is 3. The number of halogens is 6. The van der Waals surface area contributed by atoms with Crippen LogP contribution in [0.4, 0.5) is 20.2 Å². The zero-order chi connectivity index (χ0) is 62.0. The van der Waals surface area contributed by atoms with Crippen LogP contribution >= 0.6 is 46.4 Å². The fourth-order valence-corrected chi connectivity index (χ4v) is 11.9. The molecule has 0 aliphatic heterocycles. The Bertz CT molecular complexity index is 3800. The number of anilines is 2. The number of hydrogen-bond acceptors (Lipinski definition) is 11. The molecule has 0 spiro atoms. The van der Waals surface area contributed by atoms with Gasteiger partial charge < -0.3 is 30.0 Å². The molecule has 6 aromatic rings. The fourth-order valence-electron chi connectivity index (χ4n) is 8.22. The number of hydrogen-bond donors (Lipinski definition) is 5. The zero-order valence-electron chi connectivity index (χ0n) is 47.2. The molecule has 16 nitrogen and oxygen atoms in total. The van der Waals surface area contributed by atoms with Gasteiger partial charge in [0.15, 0.2) is 11.5 Å². The minimum Gasteiger partial charge on any atom is -0.481 e. The van der Waals surface area contributed by atoms with Crippen molar-refractivity contribution in [2.75, 3.05) is 9.44 Å². The van der Waals surface area contributed by atoms with Gasteiger partial charge in [0, 0.05) is 45.5 Å². The van der Waals surface area contributed by atoms with E-state index in [0.717, 1.165) is 55.0 Å². The number of benzene rings is 6. The molecule has 0 bridgehead atoms. The Kier molecular flexibility index (Phi) is 21.0. The van der Waals surface area contributed by atoms with E-state index in [1.54, 1.807) is 65.8 Å². The van der Waals surface area contributed by atoms with Crippen LogP contribution in [0.3, 0.4) is 0 Å². The van der Waals surface area contributed by atoms with Crippen molar-refractivity contribution in [2.24, 2.45) is 0 Å². The molecule has 0 aromatic heterocycles. The van der Waals surface area contributed by atoms with Crippen molar-refractivity contribution in [3.8, 4) is 23.0 Å². The number of carbonyl (C=O) groups is 4. The molecule has 8 rings (SSSR count). The SMILES string of the molecule is C.CC(C)(C)NC(=O)c1ccc(Oc2cc(F)c(CC(=O)O)cc2Cl)c(NS(=O)(=O)c2ccc(C3CC3)cc2Cl)c1.CC(C)(C)NC(=O)c1ccc(Oc2cc(F)c(CC(=O)OC(C)(C)C)cc2Cl)c(NS(=O)(=O)c2ccc(C3CC3)cc2Cl)c1.